The van der Waals surface area contributed by atoms with Gasteiger partial charge in [-0.2, -0.15) is 5.10 Å². The number of esters is 2. The van der Waals surface area contributed by atoms with Crippen LogP contribution >= 0.6 is 0 Å². The maximum atomic E-state index is 12.7. The average Bonchev–Trinajstić information content (AvgIpc) is 3.29. The zero-order chi connectivity index (χ0) is 24.8. The zero-order valence-corrected chi connectivity index (χ0v) is 19.1. The summed E-state index contributed by atoms with van der Waals surface area (Å²) >= 11 is 0. The van der Waals surface area contributed by atoms with Crippen LogP contribution < -0.4 is 10.6 Å². The van der Waals surface area contributed by atoms with Gasteiger partial charge < -0.3 is 20.1 Å². The van der Waals surface area contributed by atoms with Gasteiger partial charge in [-0.05, 0) is 44.2 Å². The van der Waals surface area contributed by atoms with Gasteiger partial charge in [0.05, 0.1) is 36.4 Å². The molecule has 4 aromatic rings. The van der Waals surface area contributed by atoms with E-state index >= 15 is 0 Å². The van der Waals surface area contributed by atoms with Crippen LogP contribution in [0, 0.1) is 0 Å². The standard InChI is InChI=1S/C25H23N5O5/c1-3-34-23(31)18-10-5-6-11-20(18)29-25(33)28-17-9-7-8-16(14-17)21-12-13-26-22-19(15-27-30(21)22)24(32)35-4-2/h5-15H,3-4H2,1-2H3,(H2,28,29,33). The summed E-state index contributed by atoms with van der Waals surface area (Å²) < 4.78 is 11.7. The fourth-order valence-electron chi connectivity index (χ4n) is 3.48. The molecule has 2 amide bonds. The number of hydrogen-bond acceptors (Lipinski definition) is 7. The van der Waals surface area contributed by atoms with Crippen LogP contribution in [0.25, 0.3) is 16.9 Å². The molecular formula is C25H23N5O5. The van der Waals surface area contributed by atoms with Crippen LogP contribution in [0.4, 0.5) is 16.2 Å². The average molecular weight is 473 g/mol. The quantitative estimate of drug-likeness (QED) is 0.381. The topological polar surface area (TPSA) is 124 Å². The number of hydrogen-bond donors (Lipinski definition) is 2. The first kappa shape index (κ1) is 23.4. The lowest BCUT2D eigenvalue weighted by Gasteiger charge is -2.12. The Hall–Kier alpha value is -4.73. The minimum atomic E-state index is -0.525. The van der Waals surface area contributed by atoms with Gasteiger partial charge in [-0.15, -0.1) is 0 Å². The molecule has 0 saturated heterocycles. The highest BCUT2D eigenvalue weighted by Gasteiger charge is 2.18. The van der Waals surface area contributed by atoms with Crippen molar-refractivity contribution >= 4 is 35.0 Å². The second kappa shape index (κ2) is 10.5. The van der Waals surface area contributed by atoms with Crippen molar-refractivity contribution < 1.29 is 23.9 Å². The van der Waals surface area contributed by atoms with E-state index in [2.05, 4.69) is 20.7 Å². The molecular weight excluding hydrogens is 450 g/mol. The van der Waals surface area contributed by atoms with E-state index in [0.29, 0.717) is 22.7 Å². The Kier molecular flexibility index (Phi) is 7.01. The summed E-state index contributed by atoms with van der Waals surface area (Å²) in [6.45, 7) is 3.92. The molecule has 0 aliphatic carbocycles. The first-order valence-corrected chi connectivity index (χ1v) is 11.0. The van der Waals surface area contributed by atoms with Gasteiger partial charge in [0, 0.05) is 17.4 Å². The molecule has 10 heteroatoms. The molecule has 0 radical (unpaired) electrons. The lowest BCUT2D eigenvalue weighted by molar-refractivity contribution is 0.0518. The van der Waals surface area contributed by atoms with E-state index in [0.717, 1.165) is 5.56 Å². The number of fused-ring (bicyclic) bond motifs is 1. The summed E-state index contributed by atoms with van der Waals surface area (Å²) in [4.78, 5) is 41.3. The first-order valence-electron chi connectivity index (χ1n) is 11.0. The molecule has 2 heterocycles. The molecule has 35 heavy (non-hydrogen) atoms. The summed E-state index contributed by atoms with van der Waals surface area (Å²) in [6, 6.07) is 14.9. The number of ether oxygens (including phenoxy) is 2. The van der Waals surface area contributed by atoms with E-state index in [-0.39, 0.29) is 24.3 Å². The lowest BCUT2D eigenvalue weighted by Crippen LogP contribution is -2.21. The Morgan fingerprint density at radius 3 is 2.40 bits per heavy atom. The largest absolute Gasteiger partial charge is 0.462 e. The highest BCUT2D eigenvalue weighted by atomic mass is 16.5. The van der Waals surface area contributed by atoms with Crippen LogP contribution in [0.2, 0.25) is 0 Å². The molecule has 0 spiro atoms. The Labute approximate surface area is 200 Å². The number of rotatable bonds is 7. The number of aromatic nitrogens is 3. The third kappa shape index (κ3) is 5.11. The van der Waals surface area contributed by atoms with Crippen molar-refractivity contribution in [3.8, 4) is 11.3 Å². The number of anilines is 2. The molecule has 0 atom stereocenters. The van der Waals surface area contributed by atoms with Crippen LogP contribution in [0.15, 0.2) is 67.0 Å². The smallest absolute Gasteiger partial charge is 0.343 e. The molecule has 2 aromatic heterocycles. The number of amides is 2. The lowest BCUT2D eigenvalue weighted by atomic mass is 10.1. The van der Waals surface area contributed by atoms with Gasteiger partial charge in [-0.3, -0.25) is 0 Å². The van der Waals surface area contributed by atoms with Gasteiger partial charge in [0.1, 0.15) is 5.56 Å². The highest BCUT2D eigenvalue weighted by molar-refractivity contribution is 6.05. The van der Waals surface area contributed by atoms with Gasteiger partial charge in [0.2, 0.25) is 0 Å². The number of urea groups is 1. The summed E-state index contributed by atoms with van der Waals surface area (Å²) in [5, 5.41) is 9.75. The normalized spacial score (nSPS) is 10.6. The Morgan fingerprint density at radius 2 is 1.63 bits per heavy atom. The van der Waals surface area contributed by atoms with Gasteiger partial charge in [-0.1, -0.05) is 24.3 Å². The second-order valence-electron chi connectivity index (χ2n) is 7.27. The van der Waals surface area contributed by atoms with E-state index in [9.17, 15) is 14.4 Å². The molecule has 0 saturated carbocycles. The highest BCUT2D eigenvalue weighted by Crippen LogP contribution is 2.24. The van der Waals surface area contributed by atoms with E-state index in [4.69, 9.17) is 9.47 Å². The summed E-state index contributed by atoms with van der Waals surface area (Å²) in [5.74, 6) is -1.02. The second-order valence-corrected chi connectivity index (χ2v) is 7.27. The number of carbonyl (C=O) groups is 3. The maximum Gasteiger partial charge on any atom is 0.343 e. The predicted molar refractivity (Wildman–Crippen MR) is 129 cm³/mol. The molecule has 0 bridgehead atoms. The zero-order valence-electron chi connectivity index (χ0n) is 19.1. The minimum Gasteiger partial charge on any atom is -0.462 e. The minimum absolute atomic E-state index is 0.228. The van der Waals surface area contributed by atoms with E-state index in [1.54, 1.807) is 73.1 Å². The van der Waals surface area contributed by atoms with Crippen molar-refractivity contribution in [1.82, 2.24) is 14.6 Å². The van der Waals surface area contributed by atoms with Crippen LogP contribution in [0.5, 0.6) is 0 Å². The Morgan fingerprint density at radius 1 is 0.886 bits per heavy atom. The number of benzene rings is 2. The van der Waals surface area contributed by atoms with Crippen LogP contribution in [0.3, 0.4) is 0 Å². The molecule has 10 nitrogen and oxygen atoms in total. The van der Waals surface area contributed by atoms with E-state index in [1.807, 2.05) is 6.07 Å². The van der Waals surface area contributed by atoms with Crippen molar-refractivity contribution in [2.45, 2.75) is 13.8 Å². The van der Waals surface area contributed by atoms with Gasteiger partial charge in [-0.25, -0.2) is 23.9 Å². The monoisotopic (exact) mass is 473 g/mol. The molecule has 2 N–H and O–H groups in total. The number of para-hydroxylation sites is 1. The van der Waals surface area contributed by atoms with Gasteiger partial charge in [0.15, 0.2) is 5.65 Å². The molecule has 0 fully saturated rings. The molecule has 0 aliphatic heterocycles. The number of nitrogens with one attached hydrogen (secondary N) is 2. The van der Waals surface area contributed by atoms with Crippen molar-refractivity contribution in [1.29, 1.82) is 0 Å². The van der Waals surface area contributed by atoms with Crippen LogP contribution in [0.1, 0.15) is 34.6 Å². The van der Waals surface area contributed by atoms with Crippen molar-refractivity contribution in [3.05, 3.63) is 78.1 Å². The third-order valence-electron chi connectivity index (χ3n) is 4.98. The van der Waals surface area contributed by atoms with Gasteiger partial charge >= 0.3 is 18.0 Å². The van der Waals surface area contributed by atoms with Crippen LogP contribution in [-0.2, 0) is 9.47 Å². The van der Waals surface area contributed by atoms with Crippen molar-refractivity contribution in [2.75, 3.05) is 23.8 Å². The fraction of sp³-hybridized carbons (Fsp3) is 0.160. The molecule has 0 unspecified atom stereocenters. The van der Waals surface area contributed by atoms with Crippen molar-refractivity contribution in [3.63, 3.8) is 0 Å². The van der Waals surface area contributed by atoms with E-state index < -0.39 is 18.0 Å². The Bertz CT molecular complexity index is 1400. The number of carbonyl (C=O) groups excluding carboxylic acids is 3. The summed E-state index contributed by atoms with van der Waals surface area (Å²) in [7, 11) is 0. The molecule has 2 aromatic carbocycles. The van der Waals surface area contributed by atoms with Crippen molar-refractivity contribution in [2.24, 2.45) is 0 Å². The van der Waals surface area contributed by atoms with Crippen LogP contribution in [-0.4, -0.2) is 45.8 Å². The number of nitrogens with zero attached hydrogens (tertiary/aromatic N) is 3. The van der Waals surface area contributed by atoms with Gasteiger partial charge in [0.25, 0.3) is 0 Å². The molecule has 178 valence electrons. The first-order chi connectivity index (χ1) is 17.0. The predicted octanol–water partition coefficient (Wildman–Crippen LogP) is 4.39. The molecule has 0 aliphatic rings. The Balaban J connectivity index is 1.56. The van der Waals surface area contributed by atoms with E-state index in [1.165, 1.54) is 6.20 Å². The SMILES string of the molecule is CCOC(=O)c1ccccc1NC(=O)Nc1cccc(-c2ccnc3c(C(=O)OCC)cnn23)c1. The summed E-state index contributed by atoms with van der Waals surface area (Å²) in [5.41, 5.74) is 3.14. The molecule has 4 rings (SSSR count). The third-order valence-corrected chi connectivity index (χ3v) is 4.98. The maximum absolute atomic E-state index is 12.7. The summed E-state index contributed by atoms with van der Waals surface area (Å²) in [6.07, 6.45) is 2.99. The fourth-order valence-corrected chi connectivity index (χ4v) is 3.48.